The highest BCUT2D eigenvalue weighted by molar-refractivity contribution is 14.0. The average Bonchev–Trinajstić information content (AvgIpc) is 2.75. The van der Waals surface area contributed by atoms with Crippen molar-refractivity contribution in [3.63, 3.8) is 0 Å². The topological polar surface area (TPSA) is 54.9 Å². The standard InChI is InChI=1S/C23H33N3O2.HI/c1-3-27-18-8-7-16-25-23(24-2)26-17-15-20-11-13-22(14-12-20)28-19-21-9-5-4-6-10-21;/h4-6,9-14H,3,7-8,15-19H2,1-2H3,(H2,24,25,26);1H. The first-order valence-electron chi connectivity index (χ1n) is 10.1. The summed E-state index contributed by atoms with van der Waals surface area (Å²) in [5, 5.41) is 6.69. The van der Waals surface area contributed by atoms with E-state index >= 15 is 0 Å². The molecule has 0 aliphatic heterocycles. The second-order valence-corrected chi connectivity index (χ2v) is 6.50. The van der Waals surface area contributed by atoms with Gasteiger partial charge in [0.25, 0.3) is 0 Å². The zero-order valence-electron chi connectivity index (χ0n) is 17.5. The molecule has 0 amide bonds. The van der Waals surface area contributed by atoms with Crippen molar-refractivity contribution in [2.24, 2.45) is 4.99 Å². The Labute approximate surface area is 192 Å². The van der Waals surface area contributed by atoms with Crippen LogP contribution in [0, 0.1) is 0 Å². The van der Waals surface area contributed by atoms with E-state index in [9.17, 15) is 0 Å². The number of hydrogen-bond acceptors (Lipinski definition) is 3. The molecule has 0 bridgehead atoms. The SMILES string of the molecule is CCOCCCCNC(=NC)NCCc1ccc(OCc2ccccc2)cc1.I. The zero-order valence-corrected chi connectivity index (χ0v) is 19.9. The Morgan fingerprint density at radius 3 is 2.31 bits per heavy atom. The minimum Gasteiger partial charge on any atom is -0.489 e. The number of nitrogens with one attached hydrogen (secondary N) is 2. The van der Waals surface area contributed by atoms with Crippen molar-refractivity contribution >= 4 is 29.9 Å². The summed E-state index contributed by atoms with van der Waals surface area (Å²) in [4.78, 5) is 4.26. The fraction of sp³-hybridized carbons (Fsp3) is 0.435. The van der Waals surface area contributed by atoms with Gasteiger partial charge in [0.1, 0.15) is 12.4 Å². The van der Waals surface area contributed by atoms with Gasteiger partial charge < -0.3 is 20.1 Å². The molecule has 0 radical (unpaired) electrons. The maximum atomic E-state index is 5.83. The normalized spacial score (nSPS) is 10.9. The summed E-state index contributed by atoms with van der Waals surface area (Å²) in [6.07, 6.45) is 3.08. The first-order chi connectivity index (χ1) is 13.8. The molecule has 160 valence electrons. The Hall–Kier alpha value is -1.80. The van der Waals surface area contributed by atoms with E-state index in [1.807, 2.05) is 37.3 Å². The fourth-order valence-corrected chi connectivity index (χ4v) is 2.72. The van der Waals surface area contributed by atoms with Gasteiger partial charge in [0, 0.05) is 33.4 Å². The van der Waals surface area contributed by atoms with Crippen LogP contribution in [0.2, 0.25) is 0 Å². The lowest BCUT2D eigenvalue weighted by atomic mass is 10.1. The van der Waals surface area contributed by atoms with Gasteiger partial charge in [0.05, 0.1) is 0 Å². The molecule has 0 aliphatic rings. The van der Waals surface area contributed by atoms with Crippen molar-refractivity contribution in [3.05, 3.63) is 65.7 Å². The van der Waals surface area contributed by atoms with Gasteiger partial charge in [-0.15, -0.1) is 24.0 Å². The van der Waals surface area contributed by atoms with Crippen LogP contribution in [-0.2, 0) is 17.8 Å². The van der Waals surface area contributed by atoms with Gasteiger partial charge in [-0.2, -0.15) is 0 Å². The van der Waals surface area contributed by atoms with Crippen LogP contribution < -0.4 is 15.4 Å². The third-order valence-electron chi connectivity index (χ3n) is 4.31. The van der Waals surface area contributed by atoms with Crippen molar-refractivity contribution in [1.82, 2.24) is 10.6 Å². The molecule has 2 rings (SSSR count). The smallest absolute Gasteiger partial charge is 0.190 e. The van der Waals surface area contributed by atoms with Crippen LogP contribution in [0.15, 0.2) is 59.6 Å². The van der Waals surface area contributed by atoms with Gasteiger partial charge in [-0.1, -0.05) is 42.5 Å². The number of unbranched alkanes of at least 4 members (excludes halogenated alkanes) is 1. The van der Waals surface area contributed by atoms with Crippen molar-refractivity contribution in [2.45, 2.75) is 32.8 Å². The van der Waals surface area contributed by atoms with Crippen molar-refractivity contribution in [2.75, 3.05) is 33.4 Å². The summed E-state index contributed by atoms with van der Waals surface area (Å²) in [6.45, 7) is 5.97. The van der Waals surface area contributed by atoms with Crippen molar-refractivity contribution < 1.29 is 9.47 Å². The van der Waals surface area contributed by atoms with E-state index in [-0.39, 0.29) is 24.0 Å². The lowest BCUT2D eigenvalue weighted by molar-refractivity contribution is 0.143. The molecule has 2 aromatic rings. The van der Waals surface area contributed by atoms with Gasteiger partial charge in [0.2, 0.25) is 0 Å². The van der Waals surface area contributed by atoms with Crippen LogP contribution >= 0.6 is 24.0 Å². The molecule has 0 saturated heterocycles. The molecule has 29 heavy (non-hydrogen) atoms. The first kappa shape index (κ1) is 25.2. The Morgan fingerprint density at radius 2 is 1.62 bits per heavy atom. The summed E-state index contributed by atoms with van der Waals surface area (Å²) in [6, 6.07) is 18.5. The van der Waals surface area contributed by atoms with Gasteiger partial charge in [-0.25, -0.2) is 0 Å². The minimum absolute atomic E-state index is 0. The van der Waals surface area contributed by atoms with E-state index in [4.69, 9.17) is 9.47 Å². The quantitative estimate of drug-likeness (QED) is 0.192. The molecule has 6 heteroatoms. The second kappa shape index (κ2) is 16.0. The molecule has 0 aliphatic carbocycles. The second-order valence-electron chi connectivity index (χ2n) is 6.50. The van der Waals surface area contributed by atoms with Gasteiger partial charge in [-0.05, 0) is 49.4 Å². The maximum absolute atomic E-state index is 5.83. The van der Waals surface area contributed by atoms with Crippen LogP contribution in [0.25, 0.3) is 0 Å². The minimum atomic E-state index is 0. The Kier molecular flexibility index (Phi) is 14.0. The van der Waals surface area contributed by atoms with Crippen LogP contribution in [0.3, 0.4) is 0 Å². The molecule has 0 spiro atoms. The average molecular weight is 511 g/mol. The van der Waals surface area contributed by atoms with Crippen molar-refractivity contribution in [3.8, 4) is 5.75 Å². The van der Waals surface area contributed by atoms with Crippen LogP contribution in [-0.4, -0.2) is 39.3 Å². The lowest BCUT2D eigenvalue weighted by Crippen LogP contribution is -2.38. The molecule has 5 nitrogen and oxygen atoms in total. The molecular formula is C23H34IN3O2. The molecule has 0 atom stereocenters. The molecule has 2 aromatic carbocycles. The monoisotopic (exact) mass is 511 g/mol. The molecule has 0 aromatic heterocycles. The number of rotatable bonds is 12. The highest BCUT2D eigenvalue weighted by Crippen LogP contribution is 2.14. The summed E-state index contributed by atoms with van der Waals surface area (Å²) in [5.74, 6) is 1.74. The molecule has 0 unspecified atom stereocenters. The number of aliphatic imine (C=N–C) groups is 1. The summed E-state index contributed by atoms with van der Waals surface area (Å²) < 4.78 is 11.2. The summed E-state index contributed by atoms with van der Waals surface area (Å²) >= 11 is 0. The van der Waals surface area contributed by atoms with E-state index in [1.54, 1.807) is 7.05 Å². The van der Waals surface area contributed by atoms with E-state index < -0.39 is 0 Å². The molecule has 0 saturated carbocycles. The van der Waals surface area contributed by atoms with Gasteiger partial charge >= 0.3 is 0 Å². The lowest BCUT2D eigenvalue weighted by Gasteiger charge is -2.12. The van der Waals surface area contributed by atoms with Gasteiger partial charge in [-0.3, -0.25) is 4.99 Å². The number of ether oxygens (including phenoxy) is 2. The van der Waals surface area contributed by atoms with Crippen LogP contribution in [0.4, 0.5) is 0 Å². The van der Waals surface area contributed by atoms with E-state index in [2.05, 4.69) is 39.9 Å². The number of benzene rings is 2. The van der Waals surface area contributed by atoms with Crippen LogP contribution in [0.1, 0.15) is 30.9 Å². The predicted molar refractivity (Wildman–Crippen MR) is 131 cm³/mol. The number of nitrogens with zero attached hydrogens (tertiary/aromatic N) is 1. The van der Waals surface area contributed by atoms with Crippen LogP contribution in [0.5, 0.6) is 5.75 Å². The van der Waals surface area contributed by atoms with Crippen molar-refractivity contribution in [1.29, 1.82) is 0 Å². The first-order valence-corrected chi connectivity index (χ1v) is 10.1. The predicted octanol–water partition coefficient (Wildman–Crippen LogP) is 4.41. The molecule has 0 heterocycles. The summed E-state index contributed by atoms with van der Waals surface area (Å²) in [7, 11) is 1.80. The number of hydrogen-bond donors (Lipinski definition) is 2. The largest absolute Gasteiger partial charge is 0.489 e. The Balaban J connectivity index is 0.00000420. The fourth-order valence-electron chi connectivity index (χ4n) is 2.72. The van der Waals surface area contributed by atoms with E-state index in [0.29, 0.717) is 6.61 Å². The molecule has 2 N–H and O–H groups in total. The van der Waals surface area contributed by atoms with E-state index in [0.717, 1.165) is 57.3 Å². The zero-order chi connectivity index (χ0) is 19.9. The highest BCUT2D eigenvalue weighted by Gasteiger charge is 2.00. The Morgan fingerprint density at radius 1 is 0.897 bits per heavy atom. The Bertz CT molecular complexity index is 678. The molecule has 0 fully saturated rings. The highest BCUT2D eigenvalue weighted by atomic mass is 127. The van der Waals surface area contributed by atoms with E-state index in [1.165, 1.54) is 11.1 Å². The van der Waals surface area contributed by atoms with Gasteiger partial charge in [0.15, 0.2) is 5.96 Å². The summed E-state index contributed by atoms with van der Waals surface area (Å²) in [5.41, 5.74) is 2.44. The third-order valence-corrected chi connectivity index (χ3v) is 4.31. The molecular weight excluding hydrogens is 477 g/mol. The number of guanidine groups is 1. The third kappa shape index (κ3) is 11.1. The maximum Gasteiger partial charge on any atom is 0.190 e. The number of halogens is 1.